The summed E-state index contributed by atoms with van der Waals surface area (Å²) in [7, 11) is 0. The van der Waals surface area contributed by atoms with Crippen LogP contribution in [-0.4, -0.2) is 18.2 Å². The predicted octanol–water partition coefficient (Wildman–Crippen LogP) is 3.04. The molecule has 82 valence electrons. The molecule has 1 rings (SSSR count). The van der Waals surface area contributed by atoms with Crippen LogP contribution in [0.3, 0.4) is 0 Å². The molecule has 0 bridgehead atoms. The van der Waals surface area contributed by atoms with Gasteiger partial charge in [0.2, 0.25) is 0 Å². The molecule has 0 aromatic heterocycles. The van der Waals surface area contributed by atoms with Crippen LogP contribution in [0, 0.1) is 0 Å². The summed E-state index contributed by atoms with van der Waals surface area (Å²) in [6, 6.07) is 9.77. The average molecular weight is 224 g/mol. The van der Waals surface area contributed by atoms with Crippen LogP contribution in [0.5, 0.6) is 0 Å². The van der Waals surface area contributed by atoms with Gasteiger partial charge in [0.25, 0.3) is 0 Å². The second kappa shape index (κ2) is 6.51. The molecule has 0 saturated heterocycles. The number of benzene rings is 1. The molecule has 3 heteroatoms. The largest absolute Gasteiger partial charge is 0.454 e. The van der Waals surface area contributed by atoms with E-state index in [0.717, 1.165) is 12.0 Å². The van der Waals surface area contributed by atoms with Gasteiger partial charge in [-0.3, -0.25) is 4.79 Å². The molecule has 0 radical (unpaired) electrons. The van der Waals surface area contributed by atoms with Gasteiger partial charge in [-0.2, -0.15) is 0 Å². The molecule has 0 heterocycles. The topological polar surface area (TPSA) is 26.3 Å². The smallest absolute Gasteiger partial charge is 0.314 e. The van der Waals surface area contributed by atoms with Crippen LogP contribution in [0.15, 0.2) is 30.3 Å². The molecule has 0 spiro atoms. The summed E-state index contributed by atoms with van der Waals surface area (Å²) in [6.45, 7) is 2.00. The first-order valence-electron chi connectivity index (χ1n) is 5.00. The normalized spacial score (nSPS) is 12.1. The third-order valence-electron chi connectivity index (χ3n) is 2.21. The van der Waals surface area contributed by atoms with Crippen molar-refractivity contribution in [3.8, 4) is 0 Å². The molecule has 0 amide bonds. The molecule has 0 aliphatic rings. The molecule has 0 N–H and O–H groups in total. The lowest BCUT2D eigenvalue weighted by molar-refractivity contribution is -0.143. The summed E-state index contributed by atoms with van der Waals surface area (Å²) in [5.41, 5.74) is 1.03. The molecule has 0 saturated carbocycles. The highest BCUT2D eigenvalue weighted by atomic mass is 32.2. The van der Waals surface area contributed by atoms with Crippen LogP contribution < -0.4 is 0 Å². The molecule has 2 nitrogen and oxygen atoms in total. The maximum atomic E-state index is 11.7. The molecule has 0 aliphatic heterocycles. The zero-order valence-corrected chi connectivity index (χ0v) is 9.92. The molecule has 1 unspecified atom stereocenters. The predicted molar refractivity (Wildman–Crippen MR) is 63.9 cm³/mol. The van der Waals surface area contributed by atoms with Crippen LogP contribution in [0.4, 0.5) is 0 Å². The number of hydrogen-bond donors (Lipinski definition) is 0. The molecule has 1 aromatic carbocycles. The van der Waals surface area contributed by atoms with Crippen LogP contribution in [-0.2, 0) is 9.53 Å². The van der Waals surface area contributed by atoms with Crippen LogP contribution in [0.2, 0.25) is 0 Å². The Bertz CT molecular complexity index is 298. The summed E-state index contributed by atoms with van der Waals surface area (Å²) >= 11 is 1.51. The first kappa shape index (κ1) is 12.1. The molecule has 1 aromatic rings. The lowest BCUT2D eigenvalue weighted by atomic mass is 9.97. The van der Waals surface area contributed by atoms with Gasteiger partial charge < -0.3 is 4.74 Å². The zero-order chi connectivity index (χ0) is 11.1. The lowest BCUT2D eigenvalue weighted by Crippen LogP contribution is -2.15. The minimum atomic E-state index is -0.127. The van der Waals surface area contributed by atoms with E-state index in [1.54, 1.807) is 0 Å². The number of carbonyl (C=O) groups excluding carboxylic acids is 1. The Labute approximate surface area is 95.0 Å². The number of thioether (sulfide) groups is 1. The van der Waals surface area contributed by atoms with Crippen molar-refractivity contribution in [3.05, 3.63) is 35.9 Å². The number of carbonyl (C=O) groups is 1. The van der Waals surface area contributed by atoms with E-state index in [4.69, 9.17) is 4.74 Å². The molecule has 0 fully saturated rings. The van der Waals surface area contributed by atoms with E-state index in [0.29, 0.717) is 5.94 Å². The van der Waals surface area contributed by atoms with Gasteiger partial charge in [0, 0.05) is 0 Å². The highest BCUT2D eigenvalue weighted by Crippen LogP contribution is 2.20. The Morgan fingerprint density at radius 1 is 1.40 bits per heavy atom. The van der Waals surface area contributed by atoms with E-state index in [2.05, 4.69) is 0 Å². The van der Waals surface area contributed by atoms with Crippen molar-refractivity contribution < 1.29 is 9.53 Å². The second-order valence-corrected chi connectivity index (χ2v) is 4.05. The maximum Gasteiger partial charge on any atom is 0.314 e. The Hall–Kier alpha value is -0.960. The van der Waals surface area contributed by atoms with E-state index in [-0.39, 0.29) is 11.9 Å². The number of ether oxygens (including phenoxy) is 1. The van der Waals surface area contributed by atoms with Gasteiger partial charge in [-0.05, 0) is 18.2 Å². The number of hydrogen-bond acceptors (Lipinski definition) is 3. The van der Waals surface area contributed by atoms with E-state index < -0.39 is 0 Å². The van der Waals surface area contributed by atoms with Crippen molar-refractivity contribution in [3.63, 3.8) is 0 Å². The highest BCUT2D eigenvalue weighted by Gasteiger charge is 2.19. The van der Waals surface area contributed by atoms with E-state index >= 15 is 0 Å². The first-order chi connectivity index (χ1) is 7.29. The molecular weight excluding hydrogens is 208 g/mol. The number of rotatable bonds is 5. The van der Waals surface area contributed by atoms with Crippen LogP contribution >= 0.6 is 11.8 Å². The Morgan fingerprint density at radius 2 is 2.07 bits per heavy atom. The summed E-state index contributed by atoms with van der Waals surface area (Å²) in [5, 5.41) is 0. The quantitative estimate of drug-likeness (QED) is 0.568. The van der Waals surface area contributed by atoms with E-state index in [1.165, 1.54) is 11.8 Å². The van der Waals surface area contributed by atoms with Crippen LogP contribution in [0.25, 0.3) is 0 Å². The average Bonchev–Trinajstić information content (AvgIpc) is 2.29. The highest BCUT2D eigenvalue weighted by molar-refractivity contribution is 7.98. The SMILES string of the molecule is CCC(C(=O)OCSC)c1ccccc1. The van der Waals surface area contributed by atoms with Gasteiger partial charge in [0.1, 0.15) is 5.94 Å². The standard InChI is InChI=1S/C12H16O2S/c1-3-11(12(13)14-9-15-2)10-7-5-4-6-8-10/h4-8,11H,3,9H2,1-2H3. The first-order valence-corrected chi connectivity index (χ1v) is 6.39. The minimum Gasteiger partial charge on any atom is -0.454 e. The summed E-state index contributed by atoms with van der Waals surface area (Å²) in [5.74, 6) is 0.179. The van der Waals surface area contributed by atoms with Gasteiger partial charge in [0.15, 0.2) is 0 Å². The van der Waals surface area contributed by atoms with Crippen molar-refractivity contribution >= 4 is 17.7 Å². The summed E-state index contributed by atoms with van der Waals surface area (Å²) < 4.78 is 5.12. The monoisotopic (exact) mass is 224 g/mol. The van der Waals surface area contributed by atoms with Gasteiger partial charge in [-0.15, -0.1) is 11.8 Å². The van der Waals surface area contributed by atoms with Gasteiger partial charge in [-0.1, -0.05) is 37.3 Å². The van der Waals surface area contributed by atoms with Crippen molar-refractivity contribution in [1.82, 2.24) is 0 Å². The summed E-state index contributed by atoms with van der Waals surface area (Å²) in [4.78, 5) is 11.7. The maximum absolute atomic E-state index is 11.7. The zero-order valence-electron chi connectivity index (χ0n) is 9.10. The fourth-order valence-electron chi connectivity index (χ4n) is 1.44. The van der Waals surface area contributed by atoms with Crippen LogP contribution in [0.1, 0.15) is 24.8 Å². The van der Waals surface area contributed by atoms with Crippen molar-refractivity contribution in [2.45, 2.75) is 19.3 Å². The molecule has 0 aliphatic carbocycles. The third-order valence-corrected chi connectivity index (χ3v) is 2.57. The number of esters is 1. The van der Waals surface area contributed by atoms with Crippen molar-refractivity contribution in [1.29, 1.82) is 0 Å². The van der Waals surface area contributed by atoms with E-state index in [9.17, 15) is 4.79 Å². The molecular formula is C12H16O2S. The second-order valence-electron chi connectivity index (χ2n) is 3.24. The Balaban J connectivity index is 2.67. The van der Waals surface area contributed by atoms with Gasteiger partial charge >= 0.3 is 5.97 Å². The van der Waals surface area contributed by atoms with E-state index in [1.807, 2.05) is 43.5 Å². The lowest BCUT2D eigenvalue weighted by Gasteiger charge is -2.13. The van der Waals surface area contributed by atoms with Crippen molar-refractivity contribution in [2.75, 3.05) is 12.2 Å². The summed E-state index contributed by atoms with van der Waals surface area (Å²) in [6.07, 6.45) is 2.69. The fourth-order valence-corrected chi connectivity index (χ4v) is 1.68. The minimum absolute atomic E-state index is 0.127. The van der Waals surface area contributed by atoms with Gasteiger partial charge in [0.05, 0.1) is 5.92 Å². The molecule has 1 atom stereocenters. The Kier molecular flexibility index (Phi) is 5.26. The molecule has 15 heavy (non-hydrogen) atoms. The third kappa shape index (κ3) is 3.59. The Morgan fingerprint density at radius 3 is 2.60 bits per heavy atom. The van der Waals surface area contributed by atoms with Crippen molar-refractivity contribution in [2.24, 2.45) is 0 Å². The fraction of sp³-hybridized carbons (Fsp3) is 0.417. The van der Waals surface area contributed by atoms with Gasteiger partial charge in [-0.25, -0.2) is 0 Å².